The van der Waals surface area contributed by atoms with Gasteiger partial charge in [0.25, 0.3) is 15.7 Å². The lowest BCUT2D eigenvalue weighted by atomic mass is 10.3. The molecule has 100 valence electrons. The van der Waals surface area contributed by atoms with Crippen LogP contribution >= 0.6 is 0 Å². The van der Waals surface area contributed by atoms with Crippen LogP contribution in [-0.2, 0) is 10.0 Å². The van der Waals surface area contributed by atoms with Crippen LogP contribution in [0.3, 0.4) is 0 Å². The number of hydrogen-bond acceptors (Lipinski definition) is 5. The summed E-state index contributed by atoms with van der Waals surface area (Å²) in [7, 11) is -4.05. The largest absolute Gasteiger partial charge is 0.289 e. The second-order valence-corrected chi connectivity index (χ2v) is 5.42. The monoisotopic (exact) mass is 282 g/mol. The van der Waals surface area contributed by atoms with Crippen molar-refractivity contribution < 1.29 is 13.3 Å². The maximum absolute atomic E-state index is 12.1. The lowest BCUT2D eigenvalue weighted by molar-refractivity contribution is -0.387. The van der Waals surface area contributed by atoms with Gasteiger partial charge < -0.3 is 0 Å². The van der Waals surface area contributed by atoms with Gasteiger partial charge in [-0.15, -0.1) is 0 Å². The van der Waals surface area contributed by atoms with Crippen molar-refractivity contribution in [2.45, 2.75) is 11.8 Å². The van der Waals surface area contributed by atoms with Crippen molar-refractivity contribution in [2.24, 2.45) is 0 Å². The summed E-state index contributed by atoms with van der Waals surface area (Å²) in [5.74, 6) is 0.0793. The van der Waals surface area contributed by atoms with E-state index in [1.54, 1.807) is 6.92 Å². The van der Waals surface area contributed by atoms with Crippen molar-refractivity contribution in [3.8, 4) is 0 Å². The van der Waals surface area contributed by atoms with Gasteiger partial charge in [0.15, 0.2) is 10.7 Å². The van der Waals surface area contributed by atoms with E-state index < -0.39 is 25.5 Å². The number of nitrogens with zero attached hydrogens (tertiary/aromatic N) is 2. The van der Waals surface area contributed by atoms with Crippen molar-refractivity contribution in [3.63, 3.8) is 0 Å². The summed E-state index contributed by atoms with van der Waals surface area (Å²) >= 11 is 0. The van der Waals surface area contributed by atoms with E-state index in [1.807, 2.05) is 0 Å². The van der Waals surface area contributed by atoms with Gasteiger partial charge in [0.2, 0.25) is 0 Å². The highest BCUT2D eigenvalue weighted by Gasteiger charge is 2.25. The molecule has 0 saturated heterocycles. The van der Waals surface area contributed by atoms with Crippen molar-refractivity contribution in [2.75, 3.05) is 4.72 Å². The number of nitro groups is 1. The first-order chi connectivity index (χ1) is 8.90. The fourth-order valence-corrected chi connectivity index (χ4v) is 2.66. The second-order valence-electron chi connectivity index (χ2n) is 3.77. The van der Waals surface area contributed by atoms with Gasteiger partial charge in [-0.25, -0.2) is 8.42 Å². The number of aromatic nitrogens is 2. The van der Waals surface area contributed by atoms with E-state index in [4.69, 9.17) is 0 Å². The Hall–Kier alpha value is -2.42. The first-order valence-electron chi connectivity index (χ1n) is 5.18. The predicted molar refractivity (Wildman–Crippen MR) is 67.2 cm³/mol. The third-order valence-corrected chi connectivity index (χ3v) is 3.70. The Balaban J connectivity index is 2.43. The lowest BCUT2D eigenvalue weighted by Crippen LogP contribution is -2.14. The summed E-state index contributed by atoms with van der Waals surface area (Å²) in [6, 6.07) is 6.59. The number of rotatable bonds is 4. The van der Waals surface area contributed by atoms with Gasteiger partial charge in [0, 0.05) is 17.8 Å². The maximum Gasteiger partial charge on any atom is 0.289 e. The quantitative estimate of drug-likeness (QED) is 0.649. The predicted octanol–water partition coefficient (Wildman–Crippen LogP) is 1.43. The minimum atomic E-state index is -4.05. The Kier molecular flexibility index (Phi) is 3.21. The number of benzene rings is 1. The fourth-order valence-electron chi connectivity index (χ4n) is 1.50. The number of para-hydroxylation sites is 1. The summed E-state index contributed by atoms with van der Waals surface area (Å²) in [6.45, 7) is 1.70. The number of aromatic amines is 1. The zero-order chi connectivity index (χ0) is 14.0. The molecule has 0 bridgehead atoms. The molecule has 0 fully saturated rings. The van der Waals surface area contributed by atoms with Crippen molar-refractivity contribution in [1.29, 1.82) is 0 Å². The molecule has 1 aromatic heterocycles. The van der Waals surface area contributed by atoms with E-state index in [1.165, 1.54) is 24.3 Å². The smallest absolute Gasteiger partial charge is 0.281 e. The van der Waals surface area contributed by atoms with E-state index in [0.717, 1.165) is 6.07 Å². The van der Waals surface area contributed by atoms with Gasteiger partial charge >= 0.3 is 0 Å². The van der Waals surface area contributed by atoms with Gasteiger partial charge in [-0.3, -0.25) is 19.9 Å². The second kappa shape index (κ2) is 4.69. The standard InChI is InChI=1S/C10H10N4O4S/c1-7-6-10(12-11-7)13-19(17,18)9-5-3-2-4-8(9)14(15)16/h2-6H,1H3,(H2,11,12,13). The van der Waals surface area contributed by atoms with Gasteiger partial charge in [-0.05, 0) is 13.0 Å². The molecule has 2 aromatic rings. The normalized spacial score (nSPS) is 11.2. The van der Waals surface area contributed by atoms with Crippen LogP contribution in [-0.4, -0.2) is 23.5 Å². The number of hydrogen-bond donors (Lipinski definition) is 2. The minimum absolute atomic E-state index is 0.0793. The fraction of sp³-hybridized carbons (Fsp3) is 0.100. The Bertz CT molecular complexity index is 723. The molecule has 2 rings (SSSR count). The molecule has 0 spiro atoms. The highest BCUT2D eigenvalue weighted by Crippen LogP contribution is 2.24. The molecular formula is C10H10N4O4S. The van der Waals surface area contributed by atoms with E-state index in [9.17, 15) is 18.5 Å². The molecule has 2 N–H and O–H groups in total. The van der Waals surface area contributed by atoms with Crippen LogP contribution in [0.5, 0.6) is 0 Å². The topological polar surface area (TPSA) is 118 Å². The van der Waals surface area contributed by atoms with Gasteiger partial charge in [0.05, 0.1) is 4.92 Å². The molecule has 0 aliphatic carbocycles. The Labute approximate surface area is 108 Å². The number of aryl methyl sites for hydroxylation is 1. The van der Waals surface area contributed by atoms with Crippen LogP contribution in [0.1, 0.15) is 5.69 Å². The first-order valence-corrected chi connectivity index (χ1v) is 6.67. The molecule has 0 amide bonds. The molecule has 0 unspecified atom stereocenters. The summed E-state index contributed by atoms with van der Waals surface area (Å²) in [5, 5.41) is 17.1. The number of H-pyrrole nitrogens is 1. The molecule has 0 atom stereocenters. The van der Waals surface area contributed by atoms with E-state index in [2.05, 4.69) is 14.9 Å². The highest BCUT2D eigenvalue weighted by molar-refractivity contribution is 7.92. The summed E-state index contributed by atoms with van der Waals surface area (Å²) in [4.78, 5) is 9.67. The minimum Gasteiger partial charge on any atom is -0.281 e. The van der Waals surface area contributed by atoms with Crippen molar-refractivity contribution in [1.82, 2.24) is 10.2 Å². The molecule has 0 aliphatic rings. The van der Waals surface area contributed by atoms with Crippen LogP contribution in [0.2, 0.25) is 0 Å². The molecule has 0 aliphatic heterocycles. The summed E-state index contributed by atoms with van der Waals surface area (Å²) < 4.78 is 26.3. The average molecular weight is 282 g/mol. The Morgan fingerprint density at radius 2 is 2.05 bits per heavy atom. The zero-order valence-corrected chi connectivity index (χ0v) is 10.6. The molecule has 0 saturated carbocycles. The number of sulfonamides is 1. The number of nitrogens with one attached hydrogen (secondary N) is 2. The molecule has 0 radical (unpaired) electrons. The van der Waals surface area contributed by atoms with Gasteiger partial charge in [0.1, 0.15) is 0 Å². The van der Waals surface area contributed by atoms with Crippen LogP contribution in [0.25, 0.3) is 0 Å². The molecule has 9 heteroatoms. The van der Waals surface area contributed by atoms with E-state index in [-0.39, 0.29) is 5.82 Å². The molecular weight excluding hydrogens is 272 g/mol. The Morgan fingerprint density at radius 1 is 1.37 bits per heavy atom. The molecule has 1 heterocycles. The van der Waals surface area contributed by atoms with Crippen LogP contribution in [0.4, 0.5) is 11.5 Å². The maximum atomic E-state index is 12.1. The van der Waals surface area contributed by atoms with Gasteiger partial charge in [-0.1, -0.05) is 12.1 Å². The zero-order valence-electron chi connectivity index (χ0n) is 9.82. The highest BCUT2D eigenvalue weighted by atomic mass is 32.2. The molecule has 19 heavy (non-hydrogen) atoms. The molecule has 8 nitrogen and oxygen atoms in total. The Morgan fingerprint density at radius 3 is 2.63 bits per heavy atom. The lowest BCUT2D eigenvalue weighted by Gasteiger charge is -2.05. The van der Waals surface area contributed by atoms with Crippen LogP contribution in [0.15, 0.2) is 35.2 Å². The van der Waals surface area contributed by atoms with E-state index >= 15 is 0 Å². The average Bonchev–Trinajstić information content (AvgIpc) is 2.74. The van der Waals surface area contributed by atoms with Crippen LogP contribution in [0, 0.1) is 17.0 Å². The number of nitro benzene ring substituents is 1. The first kappa shape index (κ1) is 13.0. The number of anilines is 1. The van der Waals surface area contributed by atoms with Crippen molar-refractivity contribution in [3.05, 3.63) is 46.1 Å². The summed E-state index contributed by atoms with van der Waals surface area (Å²) in [6.07, 6.45) is 0. The van der Waals surface area contributed by atoms with Gasteiger partial charge in [-0.2, -0.15) is 5.10 Å². The molecule has 1 aromatic carbocycles. The van der Waals surface area contributed by atoms with E-state index in [0.29, 0.717) is 5.69 Å². The summed E-state index contributed by atoms with van der Waals surface area (Å²) in [5.41, 5.74) is 0.183. The third-order valence-electron chi connectivity index (χ3n) is 2.30. The SMILES string of the molecule is Cc1cc(NS(=O)(=O)c2ccccc2[N+](=O)[O-])n[nH]1. The van der Waals surface area contributed by atoms with Crippen molar-refractivity contribution >= 4 is 21.5 Å². The third kappa shape index (κ3) is 2.71. The van der Waals surface area contributed by atoms with Crippen LogP contribution < -0.4 is 4.72 Å².